The quantitative estimate of drug-likeness (QED) is 0.900. The van der Waals surface area contributed by atoms with Crippen LogP contribution in [0.15, 0.2) is 18.3 Å². The predicted molar refractivity (Wildman–Crippen MR) is 74.7 cm³/mol. The van der Waals surface area contributed by atoms with Gasteiger partial charge in [-0.2, -0.15) is 13.2 Å². The maximum atomic E-state index is 12.4. The lowest BCUT2D eigenvalue weighted by atomic mass is 10.2. The van der Waals surface area contributed by atoms with Crippen molar-refractivity contribution >= 4 is 30.6 Å². The second-order valence-corrected chi connectivity index (χ2v) is 4.08. The van der Waals surface area contributed by atoms with E-state index in [0.717, 1.165) is 12.3 Å². The molecule has 0 spiro atoms. The fourth-order valence-corrected chi connectivity index (χ4v) is 1.81. The topological polar surface area (TPSA) is 51.4 Å². The van der Waals surface area contributed by atoms with Crippen LogP contribution in [0.1, 0.15) is 5.56 Å². The molecule has 116 valence electrons. The first kappa shape index (κ1) is 19.2. The summed E-state index contributed by atoms with van der Waals surface area (Å²) in [5.41, 5.74) is 4.76. The molecule has 1 aromatic heterocycles. The molecule has 0 aromatic carbocycles. The van der Waals surface area contributed by atoms with Crippen molar-refractivity contribution in [3.8, 4) is 0 Å². The van der Waals surface area contributed by atoms with Crippen LogP contribution in [0.25, 0.3) is 0 Å². The van der Waals surface area contributed by atoms with Gasteiger partial charge in [0.25, 0.3) is 0 Å². The van der Waals surface area contributed by atoms with Gasteiger partial charge in [0.2, 0.25) is 0 Å². The third kappa shape index (κ3) is 4.66. The van der Waals surface area contributed by atoms with E-state index in [2.05, 4.69) is 4.98 Å². The first-order chi connectivity index (χ1) is 8.50. The van der Waals surface area contributed by atoms with Gasteiger partial charge in [0, 0.05) is 25.8 Å². The number of alkyl halides is 3. The molecule has 2 heterocycles. The third-order valence-corrected chi connectivity index (χ3v) is 2.80. The Kier molecular flexibility index (Phi) is 7.57. The second-order valence-electron chi connectivity index (χ2n) is 4.08. The van der Waals surface area contributed by atoms with Gasteiger partial charge < -0.3 is 15.4 Å². The number of rotatable bonds is 2. The lowest BCUT2D eigenvalue weighted by molar-refractivity contribution is -0.137. The van der Waals surface area contributed by atoms with Gasteiger partial charge in [-0.15, -0.1) is 24.8 Å². The molecule has 0 aliphatic carbocycles. The summed E-state index contributed by atoms with van der Waals surface area (Å²) in [4.78, 5) is 5.72. The predicted octanol–water partition coefficient (Wildman–Crippen LogP) is 2.11. The normalized spacial score (nSPS) is 19.0. The maximum Gasteiger partial charge on any atom is 0.417 e. The summed E-state index contributed by atoms with van der Waals surface area (Å²) in [5, 5.41) is 0. The van der Waals surface area contributed by atoms with Crippen LogP contribution in [0, 0.1) is 0 Å². The van der Waals surface area contributed by atoms with Crippen LogP contribution < -0.4 is 10.6 Å². The first-order valence-corrected chi connectivity index (χ1v) is 5.60. The number of anilines is 1. The van der Waals surface area contributed by atoms with Crippen molar-refractivity contribution in [1.29, 1.82) is 0 Å². The van der Waals surface area contributed by atoms with E-state index in [9.17, 15) is 13.2 Å². The molecular weight excluding hydrogens is 318 g/mol. The minimum Gasteiger partial charge on any atom is -0.373 e. The summed E-state index contributed by atoms with van der Waals surface area (Å²) >= 11 is 0. The van der Waals surface area contributed by atoms with E-state index in [1.54, 1.807) is 0 Å². The van der Waals surface area contributed by atoms with Crippen molar-refractivity contribution in [3.05, 3.63) is 23.9 Å². The summed E-state index contributed by atoms with van der Waals surface area (Å²) in [6, 6.07) is 2.41. The Morgan fingerprint density at radius 3 is 2.55 bits per heavy atom. The minimum atomic E-state index is -4.35. The average Bonchev–Trinajstić information content (AvgIpc) is 2.38. The molecule has 9 heteroatoms. The van der Waals surface area contributed by atoms with Gasteiger partial charge in [0.05, 0.1) is 18.3 Å². The molecule has 4 nitrogen and oxygen atoms in total. The van der Waals surface area contributed by atoms with Crippen molar-refractivity contribution in [2.45, 2.75) is 12.3 Å². The number of nitrogens with two attached hydrogens (primary N) is 1. The fourth-order valence-electron chi connectivity index (χ4n) is 1.81. The molecule has 0 bridgehead atoms. The van der Waals surface area contributed by atoms with Crippen LogP contribution in [0.5, 0.6) is 0 Å². The number of hydrogen-bond donors (Lipinski definition) is 1. The van der Waals surface area contributed by atoms with Gasteiger partial charge >= 0.3 is 6.18 Å². The Balaban J connectivity index is 0.00000180. The van der Waals surface area contributed by atoms with Crippen LogP contribution in [-0.4, -0.2) is 37.3 Å². The number of ether oxygens (including phenoxy) is 1. The SMILES string of the molecule is Cl.Cl.NCC1CN(c2ccc(C(F)(F)F)cn2)CCO1. The van der Waals surface area contributed by atoms with Gasteiger partial charge in [-0.25, -0.2) is 4.98 Å². The summed E-state index contributed by atoms with van der Waals surface area (Å²) in [6.45, 7) is 2.05. The van der Waals surface area contributed by atoms with E-state index in [-0.39, 0.29) is 30.9 Å². The number of halogens is 5. The number of hydrogen-bond acceptors (Lipinski definition) is 4. The standard InChI is InChI=1S/C11H14F3N3O.2ClH/c12-11(13,14)8-1-2-10(16-6-8)17-3-4-18-9(5-15)7-17;;/h1-2,6,9H,3-5,7,15H2;2*1H. The molecule has 20 heavy (non-hydrogen) atoms. The molecule has 1 aliphatic rings. The summed E-state index contributed by atoms with van der Waals surface area (Å²) in [7, 11) is 0. The molecule has 1 aliphatic heterocycles. The second kappa shape index (κ2) is 7.87. The molecular formula is C11H16Cl2F3N3O. The van der Waals surface area contributed by atoms with E-state index in [1.807, 2.05) is 4.90 Å². The highest BCUT2D eigenvalue weighted by Crippen LogP contribution is 2.29. The van der Waals surface area contributed by atoms with Crippen molar-refractivity contribution < 1.29 is 17.9 Å². The van der Waals surface area contributed by atoms with Crippen LogP contribution in [0.2, 0.25) is 0 Å². The zero-order valence-electron chi connectivity index (χ0n) is 10.5. The molecule has 2 N–H and O–H groups in total. The zero-order chi connectivity index (χ0) is 13.2. The van der Waals surface area contributed by atoms with Gasteiger partial charge in [-0.1, -0.05) is 0 Å². The highest BCUT2D eigenvalue weighted by Gasteiger charge is 2.31. The molecule has 1 fully saturated rings. The van der Waals surface area contributed by atoms with E-state index < -0.39 is 11.7 Å². The Hall–Kier alpha value is -0.760. The minimum absolute atomic E-state index is 0. The van der Waals surface area contributed by atoms with E-state index >= 15 is 0 Å². The molecule has 1 unspecified atom stereocenters. The average molecular weight is 334 g/mol. The molecule has 1 atom stereocenters. The molecule has 2 rings (SSSR count). The number of aromatic nitrogens is 1. The van der Waals surface area contributed by atoms with Crippen molar-refractivity contribution in [2.75, 3.05) is 31.1 Å². The van der Waals surface area contributed by atoms with Crippen molar-refractivity contribution in [3.63, 3.8) is 0 Å². The lowest BCUT2D eigenvalue weighted by Gasteiger charge is -2.33. The first-order valence-electron chi connectivity index (χ1n) is 5.60. The Morgan fingerprint density at radius 1 is 1.35 bits per heavy atom. The van der Waals surface area contributed by atoms with Gasteiger partial charge in [-0.05, 0) is 12.1 Å². The van der Waals surface area contributed by atoms with E-state index in [4.69, 9.17) is 10.5 Å². The van der Waals surface area contributed by atoms with Crippen LogP contribution in [-0.2, 0) is 10.9 Å². The zero-order valence-corrected chi connectivity index (χ0v) is 12.1. The van der Waals surface area contributed by atoms with Crippen molar-refractivity contribution in [2.24, 2.45) is 5.73 Å². The van der Waals surface area contributed by atoms with E-state index in [1.165, 1.54) is 6.07 Å². The van der Waals surface area contributed by atoms with Crippen LogP contribution >= 0.6 is 24.8 Å². The fraction of sp³-hybridized carbons (Fsp3) is 0.545. The molecule has 1 aromatic rings. The molecule has 0 amide bonds. The molecule has 0 radical (unpaired) electrons. The van der Waals surface area contributed by atoms with Crippen molar-refractivity contribution in [1.82, 2.24) is 4.98 Å². The summed E-state index contributed by atoms with van der Waals surface area (Å²) in [6.07, 6.45) is -3.60. The maximum absolute atomic E-state index is 12.4. The number of pyridine rings is 1. The van der Waals surface area contributed by atoms with Gasteiger partial charge in [0.15, 0.2) is 0 Å². The third-order valence-electron chi connectivity index (χ3n) is 2.80. The smallest absolute Gasteiger partial charge is 0.373 e. The summed E-state index contributed by atoms with van der Waals surface area (Å²) in [5.74, 6) is 0.518. The Bertz CT molecular complexity index is 403. The molecule has 1 saturated heterocycles. The van der Waals surface area contributed by atoms with Gasteiger partial charge in [-0.3, -0.25) is 0 Å². The van der Waals surface area contributed by atoms with E-state index in [0.29, 0.717) is 32.1 Å². The lowest BCUT2D eigenvalue weighted by Crippen LogP contribution is -2.46. The molecule has 0 saturated carbocycles. The highest BCUT2D eigenvalue weighted by atomic mass is 35.5. The number of nitrogens with zero attached hydrogens (tertiary/aromatic N) is 2. The largest absolute Gasteiger partial charge is 0.417 e. The highest BCUT2D eigenvalue weighted by molar-refractivity contribution is 5.85. The number of morpholine rings is 1. The monoisotopic (exact) mass is 333 g/mol. The summed E-state index contributed by atoms with van der Waals surface area (Å²) < 4.78 is 42.5. The van der Waals surface area contributed by atoms with Crippen LogP contribution in [0.3, 0.4) is 0 Å². The Labute approximate surface area is 127 Å². The Morgan fingerprint density at radius 2 is 2.05 bits per heavy atom. The van der Waals surface area contributed by atoms with Crippen LogP contribution in [0.4, 0.5) is 19.0 Å². The van der Waals surface area contributed by atoms with Gasteiger partial charge in [0.1, 0.15) is 5.82 Å².